The third-order valence-corrected chi connectivity index (χ3v) is 4.01. The van der Waals surface area contributed by atoms with Gasteiger partial charge in [-0.2, -0.15) is 4.98 Å². The summed E-state index contributed by atoms with van der Waals surface area (Å²) >= 11 is 0. The molecule has 1 aliphatic rings. The Bertz CT molecular complexity index is 598. The van der Waals surface area contributed by atoms with Crippen molar-refractivity contribution in [2.45, 2.75) is 38.6 Å². The second-order valence-electron chi connectivity index (χ2n) is 5.67. The Morgan fingerprint density at radius 2 is 2.05 bits per heavy atom. The SMILES string of the molecule is CC1CCCC(Nc2nc(NN)nc3ccccc23)C1. The third kappa shape index (κ3) is 2.67. The third-order valence-electron chi connectivity index (χ3n) is 4.01. The van der Waals surface area contributed by atoms with Crippen LogP contribution in [0.15, 0.2) is 24.3 Å². The zero-order chi connectivity index (χ0) is 13.9. The predicted molar refractivity (Wildman–Crippen MR) is 82.4 cm³/mol. The summed E-state index contributed by atoms with van der Waals surface area (Å²) in [4.78, 5) is 8.86. The number of nitrogens with two attached hydrogens (primary N) is 1. The molecule has 0 spiro atoms. The van der Waals surface area contributed by atoms with Crippen molar-refractivity contribution in [3.8, 4) is 0 Å². The van der Waals surface area contributed by atoms with Crippen molar-refractivity contribution in [2.75, 3.05) is 10.7 Å². The molecule has 1 aromatic carbocycles. The number of para-hydroxylation sites is 1. The van der Waals surface area contributed by atoms with E-state index >= 15 is 0 Å². The summed E-state index contributed by atoms with van der Waals surface area (Å²) in [5.74, 6) is 7.57. The van der Waals surface area contributed by atoms with Crippen molar-refractivity contribution in [3.05, 3.63) is 24.3 Å². The number of hydrazine groups is 1. The minimum absolute atomic E-state index is 0.454. The van der Waals surface area contributed by atoms with Crippen molar-refractivity contribution in [1.29, 1.82) is 0 Å². The lowest BCUT2D eigenvalue weighted by Gasteiger charge is -2.28. The minimum atomic E-state index is 0.454. The van der Waals surface area contributed by atoms with Gasteiger partial charge in [0.1, 0.15) is 5.82 Å². The van der Waals surface area contributed by atoms with Crippen LogP contribution in [0.1, 0.15) is 32.6 Å². The lowest BCUT2D eigenvalue weighted by atomic mass is 9.87. The van der Waals surface area contributed by atoms with Crippen LogP contribution in [-0.4, -0.2) is 16.0 Å². The second kappa shape index (κ2) is 5.63. The second-order valence-corrected chi connectivity index (χ2v) is 5.67. The Hall–Kier alpha value is -1.88. The monoisotopic (exact) mass is 271 g/mol. The molecule has 5 nitrogen and oxygen atoms in total. The predicted octanol–water partition coefficient (Wildman–Crippen LogP) is 2.91. The first-order valence-electron chi connectivity index (χ1n) is 7.26. The number of benzene rings is 1. The summed E-state index contributed by atoms with van der Waals surface area (Å²) in [6.07, 6.45) is 5.01. The van der Waals surface area contributed by atoms with E-state index < -0.39 is 0 Å². The Morgan fingerprint density at radius 3 is 2.85 bits per heavy atom. The molecule has 3 rings (SSSR count). The van der Waals surface area contributed by atoms with Gasteiger partial charge in [-0.25, -0.2) is 10.8 Å². The molecule has 20 heavy (non-hydrogen) atoms. The van der Waals surface area contributed by atoms with E-state index in [1.807, 2.05) is 24.3 Å². The highest BCUT2D eigenvalue weighted by atomic mass is 15.3. The van der Waals surface area contributed by atoms with Crippen LogP contribution in [0.2, 0.25) is 0 Å². The molecule has 1 aliphatic carbocycles. The molecule has 1 saturated carbocycles. The van der Waals surface area contributed by atoms with Crippen LogP contribution in [0.4, 0.5) is 11.8 Å². The van der Waals surface area contributed by atoms with Gasteiger partial charge in [0.05, 0.1) is 5.52 Å². The molecule has 0 aliphatic heterocycles. The number of hydrogen-bond donors (Lipinski definition) is 3. The fourth-order valence-electron chi connectivity index (χ4n) is 3.01. The molecule has 2 aromatic rings. The lowest BCUT2D eigenvalue weighted by Crippen LogP contribution is -2.27. The van der Waals surface area contributed by atoms with Gasteiger partial charge in [0.25, 0.3) is 0 Å². The molecule has 0 bridgehead atoms. The average Bonchev–Trinajstić information content (AvgIpc) is 2.47. The van der Waals surface area contributed by atoms with Crippen molar-refractivity contribution in [1.82, 2.24) is 9.97 Å². The molecule has 1 aromatic heterocycles. The van der Waals surface area contributed by atoms with E-state index in [1.165, 1.54) is 25.7 Å². The molecule has 4 N–H and O–H groups in total. The van der Waals surface area contributed by atoms with Crippen LogP contribution < -0.4 is 16.6 Å². The minimum Gasteiger partial charge on any atom is -0.367 e. The molecule has 106 valence electrons. The van der Waals surface area contributed by atoms with E-state index in [0.717, 1.165) is 22.6 Å². The first-order valence-corrected chi connectivity index (χ1v) is 7.26. The Balaban J connectivity index is 1.93. The van der Waals surface area contributed by atoms with Gasteiger partial charge in [-0.15, -0.1) is 0 Å². The van der Waals surface area contributed by atoms with Crippen molar-refractivity contribution < 1.29 is 0 Å². The van der Waals surface area contributed by atoms with Crippen molar-refractivity contribution in [2.24, 2.45) is 11.8 Å². The molecule has 0 amide bonds. The quantitative estimate of drug-likeness (QED) is 0.591. The molecule has 0 saturated heterocycles. The molecule has 2 unspecified atom stereocenters. The number of hydrogen-bond acceptors (Lipinski definition) is 5. The number of fused-ring (bicyclic) bond motifs is 1. The van der Waals surface area contributed by atoms with Gasteiger partial charge in [-0.1, -0.05) is 31.9 Å². The molecular formula is C15H21N5. The Labute approximate surface area is 119 Å². The van der Waals surface area contributed by atoms with Gasteiger partial charge in [0.2, 0.25) is 5.95 Å². The zero-order valence-corrected chi connectivity index (χ0v) is 11.8. The van der Waals surface area contributed by atoms with Crippen molar-refractivity contribution in [3.63, 3.8) is 0 Å². The molecule has 1 heterocycles. The average molecular weight is 271 g/mol. The van der Waals surface area contributed by atoms with E-state index in [4.69, 9.17) is 5.84 Å². The van der Waals surface area contributed by atoms with E-state index in [1.54, 1.807) is 0 Å². The van der Waals surface area contributed by atoms with Crippen LogP contribution in [0.25, 0.3) is 10.9 Å². The zero-order valence-electron chi connectivity index (χ0n) is 11.8. The van der Waals surface area contributed by atoms with Gasteiger partial charge < -0.3 is 5.32 Å². The molecular weight excluding hydrogens is 250 g/mol. The van der Waals surface area contributed by atoms with Gasteiger partial charge >= 0.3 is 0 Å². The number of nitrogens with zero attached hydrogens (tertiary/aromatic N) is 2. The number of aromatic nitrogens is 2. The number of anilines is 2. The van der Waals surface area contributed by atoms with Gasteiger partial charge in [-0.05, 0) is 30.9 Å². The van der Waals surface area contributed by atoms with Gasteiger partial charge in [0, 0.05) is 11.4 Å². The summed E-state index contributed by atoms with van der Waals surface area (Å²) in [5.41, 5.74) is 3.45. The van der Waals surface area contributed by atoms with E-state index in [0.29, 0.717) is 12.0 Å². The summed E-state index contributed by atoms with van der Waals surface area (Å²) in [6, 6.07) is 8.50. The fraction of sp³-hybridized carbons (Fsp3) is 0.467. The van der Waals surface area contributed by atoms with E-state index in [9.17, 15) is 0 Å². The highest BCUT2D eigenvalue weighted by Gasteiger charge is 2.20. The fourth-order valence-corrected chi connectivity index (χ4v) is 3.01. The first-order chi connectivity index (χ1) is 9.76. The maximum atomic E-state index is 5.46. The normalized spacial score (nSPS) is 22.7. The van der Waals surface area contributed by atoms with Crippen LogP contribution in [0.5, 0.6) is 0 Å². The molecule has 5 heteroatoms. The summed E-state index contributed by atoms with van der Waals surface area (Å²) < 4.78 is 0. The number of nitrogen functional groups attached to an aromatic ring is 1. The molecule has 2 atom stereocenters. The summed E-state index contributed by atoms with van der Waals surface area (Å²) in [5, 5.41) is 4.63. The smallest absolute Gasteiger partial charge is 0.239 e. The van der Waals surface area contributed by atoms with Crippen LogP contribution in [0, 0.1) is 5.92 Å². The first kappa shape index (κ1) is 13.1. The maximum absolute atomic E-state index is 5.46. The lowest BCUT2D eigenvalue weighted by molar-refractivity contribution is 0.358. The number of rotatable bonds is 3. The van der Waals surface area contributed by atoms with Crippen LogP contribution in [-0.2, 0) is 0 Å². The highest BCUT2D eigenvalue weighted by Crippen LogP contribution is 2.28. The van der Waals surface area contributed by atoms with E-state index in [-0.39, 0.29) is 0 Å². The van der Waals surface area contributed by atoms with Gasteiger partial charge in [0.15, 0.2) is 0 Å². The largest absolute Gasteiger partial charge is 0.367 e. The molecule has 0 radical (unpaired) electrons. The van der Waals surface area contributed by atoms with E-state index in [2.05, 4.69) is 27.6 Å². The maximum Gasteiger partial charge on any atom is 0.239 e. The Kier molecular flexibility index (Phi) is 3.69. The highest BCUT2D eigenvalue weighted by molar-refractivity contribution is 5.90. The van der Waals surface area contributed by atoms with Crippen LogP contribution in [0.3, 0.4) is 0 Å². The molecule has 1 fully saturated rings. The topological polar surface area (TPSA) is 75.9 Å². The summed E-state index contributed by atoms with van der Waals surface area (Å²) in [6.45, 7) is 2.32. The summed E-state index contributed by atoms with van der Waals surface area (Å²) in [7, 11) is 0. The number of nitrogens with one attached hydrogen (secondary N) is 2. The van der Waals surface area contributed by atoms with Gasteiger partial charge in [-0.3, -0.25) is 5.43 Å². The Morgan fingerprint density at radius 1 is 1.20 bits per heavy atom. The van der Waals surface area contributed by atoms with Crippen LogP contribution >= 0.6 is 0 Å². The standard InChI is InChI=1S/C15H21N5/c1-10-5-4-6-11(9-10)17-14-12-7-2-3-8-13(12)18-15(19-14)20-16/h2-3,7-8,10-11H,4-6,9,16H2,1H3,(H2,17,18,19,20). The van der Waals surface area contributed by atoms with Crippen molar-refractivity contribution >= 4 is 22.7 Å².